The third-order valence-corrected chi connectivity index (χ3v) is 4.65. The number of rotatable bonds is 2. The molecule has 20 heavy (non-hydrogen) atoms. The van der Waals surface area contributed by atoms with Gasteiger partial charge in [0.2, 0.25) is 0 Å². The molecule has 2 rings (SSSR count). The van der Waals surface area contributed by atoms with E-state index < -0.39 is 24.3 Å². The lowest BCUT2D eigenvalue weighted by Crippen LogP contribution is -2.41. The smallest absolute Gasteiger partial charge is 0.478 e. The number of carboxylic acids is 1. The summed E-state index contributed by atoms with van der Waals surface area (Å²) in [5, 5.41) is 9.29. The maximum absolute atomic E-state index is 11.1. The van der Waals surface area contributed by atoms with E-state index in [4.69, 9.17) is 26.0 Å². The Balaban J connectivity index is 2.42. The Kier molecular flexibility index (Phi) is 3.65. The van der Waals surface area contributed by atoms with Crippen LogP contribution >= 0.6 is 11.6 Å². The molecule has 1 aliphatic heterocycles. The number of carboxylic acid groups (broad SMARTS) is 1. The zero-order valence-corrected chi connectivity index (χ0v) is 13.0. The molecule has 1 heterocycles. The van der Waals surface area contributed by atoms with Crippen molar-refractivity contribution in [1.29, 1.82) is 0 Å². The first-order valence-corrected chi connectivity index (χ1v) is 6.82. The maximum Gasteiger partial charge on any atom is 0.495 e. The fourth-order valence-corrected chi connectivity index (χ4v) is 2.34. The summed E-state index contributed by atoms with van der Waals surface area (Å²) in [5.41, 5.74) is 0.637. The van der Waals surface area contributed by atoms with Crippen LogP contribution in [-0.4, -0.2) is 29.4 Å². The Bertz CT molecular complexity index is 553. The van der Waals surface area contributed by atoms with Crippen LogP contribution in [0.15, 0.2) is 12.1 Å². The normalized spacial score (nSPS) is 20.2. The number of halogens is 1. The van der Waals surface area contributed by atoms with Gasteiger partial charge in [-0.3, -0.25) is 0 Å². The van der Waals surface area contributed by atoms with Crippen LogP contribution in [0.5, 0.6) is 0 Å². The molecular formula is C14H18BClO4. The second-order valence-corrected chi connectivity index (χ2v) is 6.41. The standard InChI is InChI=1S/C14H18BClO4/c1-8-10(7-6-9(11(8)16)12(17)18)15-19-13(2,3)14(4,5)20-15/h6-7H,1-5H3,(H,17,18). The van der Waals surface area contributed by atoms with Crippen LogP contribution in [0.2, 0.25) is 5.02 Å². The van der Waals surface area contributed by atoms with Gasteiger partial charge in [-0.25, -0.2) is 4.79 Å². The third-order valence-electron chi connectivity index (χ3n) is 4.17. The molecule has 1 aromatic rings. The van der Waals surface area contributed by atoms with Gasteiger partial charge in [0.15, 0.2) is 0 Å². The first kappa shape index (κ1) is 15.4. The van der Waals surface area contributed by atoms with Crippen molar-refractivity contribution < 1.29 is 19.2 Å². The van der Waals surface area contributed by atoms with Crippen LogP contribution in [-0.2, 0) is 9.31 Å². The van der Waals surface area contributed by atoms with Crippen LogP contribution in [0.4, 0.5) is 0 Å². The first-order chi connectivity index (χ1) is 9.07. The zero-order valence-electron chi connectivity index (χ0n) is 12.3. The van der Waals surface area contributed by atoms with E-state index in [0.29, 0.717) is 5.56 Å². The zero-order chi connectivity index (χ0) is 15.3. The van der Waals surface area contributed by atoms with Gasteiger partial charge in [-0.2, -0.15) is 0 Å². The van der Waals surface area contributed by atoms with E-state index in [1.807, 2.05) is 27.7 Å². The van der Waals surface area contributed by atoms with E-state index in [-0.39, 0.29) is 10.6 Å². The lowest BCUT2D eigenvalue weighted by Gasteiger charge is -2.32. The van der Waals surface area contributed by atoms with Crippen molar-refractivity contribution in [2.75, 3.05) is 0 Å². The second-order valence-electron chi connectivity index (χ2n) is 6.03. The number of carbonyl (C=O) groups is 1. The molecule has 1 fully saturated rings. The molecule has 0 unspecified atom stereocenters. The molecule has 108 valence electrons. The molecule has 0 aliphatic carbocycles. The van der Waals surface area contributed by atoms with E-state index in [2.05, 4.69) is 0 Å². The van der Waals surface area contributed by atoms with Crippen molar-refractivity contribution in [3.05, 3.63) is 28.3 Å². The second kappa shape index (κ2) is 4.76. The molecule has 0 radical (unpaired) electrons. The highest BCUT2D eigenvalue weighted by Gasteiger charge is 2.52. The summed E-state index contributed by atoms with van der Waals surface area (Å²) in [5.74, 6) is -1.04. The van der Waals surface area contributed by atoms with Gasteiger partial charge in [0.05, 0.1) is 21.8 Å². The molecular weight excluding hydrogens is 278 g/mol. The molecule has 1 N–H and O–H groups in total. The fraction of sp³-hybridized carbons (Fsp3) is 0.500. The summed E-state index contributed by atoms with van der Waals surface area (Å²) >= 11 is 6.12. The van der Waals surface area contributed by atoms with Gasteiger partial charge in [0.25, 0.3) is 0 Å². The SMILES string of the molecule is Cc1c(B2OC(C)(C)C(C)(C)O2)ccc(C(=O)O)c1Cl. The predicted octanol–water partition coefficient (Wildman–Crippen LogP) is 2.65. The molecule has 1 saturated heterocycles. The third kappa shape index (κ3) is 2.34. The van der Waals surface area contributed by atoms with Gasteiger partial charge >= 0.3 is 13.1 Å². The summed E-state index contributed by atoms with van der Waals surface area (Å²) in [6.07, 6.45) is 0. The molecule has 0 atom stereocenters. The number of benzene rings is 1. The number of hydrogen-bond donors (Lipinski definition) is 1. The van der Waals surface area contributed by atoms with Crippen LogP contribution in [0, 0.1) is 6.92 Å². The van der Waals surface area contributed by atoms with Gasteiger partial charge in [0, 0.05) is 0 Å². The largest absolute Gasteiger partial charge is 0.495 e. The fourth-order valence-electron chi connectivity index (χ4n) is 2.09. The van der Waals surface area contributed by atoms with Gasteiger partial charge < -0.3 is 14.4 Å². The monoisotopic (exact) mass is 296 g/mol. The van der Waals surface area contributed by atoms with Crippen molar-refractivity contribution in [3.8, 4) is 0 Å². The Morgan fingerprint density at radius 3 is 2.15 bits per heavy atom. The summed E-state index contributed by atoms with van der Waals surface area (Å²) in [6.45, 7) is 9.64. The molecule has 0 saturated carbocycles. The molecule has 1 aromatic carbocycles. The van der Waals surface area contributed by atoms with E-state index in [1.54, 1.807) is 13.0 Å². The van der Waals surface area contributed by atoms with Crippen molar-refractivity contribution in [2.24, 2.45) is 0 Å². The lowest BCUT2D eigenvalue weighted by atomic mass is 9.76. The molecule has 4 nitrogen and oxygen atoms in total. The Morgan fingerprint density at radius 2 is 1.70 bits per heavy atom. The Morgan fingerprint density at radius 1 is 1.20 bits per heavy atom. The Labute approximate surface area is 124 Å². The summed E-state index contributed by atoms with van der Waals surface area (Å²) in [7, 11) is -0.541. The van der Waals surface area contributed by atoms with Gasteiger partial charge in [0.1, 0.15) is 0 Å². The quantitative estimate of drug-likeness (QED) is 0.853. The van der Waals surface area contributed by atoms with Crippen LogP contribution < -0.4 is 5.46 Å². The average molecular weight is 297 g/mol. The van der Waals surface area contributed by atoms with Gasteiger partial charge in [-0.1, -0.05) is 17.7 Å². The molecule has 0 aromatic heterocycles. The van der Waals surface area contributed by atoms with Crippen LogP contribution in [0.3, 0.4) is 0 Å². The van der Waals surface area contributed by atoms with E-state index >= 15 is 0 Å². The van der Waals surface area contributed by atoms with Crippen molar-refractivity contribution in [3.63, 3.8) is 0 Å². The Hall–Kier alpha value is -1.04. The van der Waals surface area contributed by atoms with Crippen molar-refractivity contribution in [2.45, 2.75) is 45.8 Å². The highest BCUT2D eigenvalue weighted by molar-refractivity contribution is 6.63. The van der Waals surface area contributed by atoms with E-state index in [9.17, 15) is 4.79 Å². The molecule has 0 spiro atoms. The van der Waals surface area contributed by atoms with Crippen LogP contribution in [0.25, 0.3) is 0 Å². The highest BCUT2D eigenvalue weighted by atomic mass is 35.5. The first-order valence-electron chi connectivity index (χ1n) is 6.45. The minimum absolute atomic E-state index is 0.0874. The topological polar surface area (TPSA) is 55.8 Å². The van der Waals surface area contributed by atoms with E-state index in [0.717, 1.165) is 5.46 Å². The van der Waals surface area contributed by atoms with Gasteiger partial charge in [-0.15, -0.1) is 0 Å². The molecule has 0 bridgehead atoms. The van der Waals surface area contributed by atoms with Crippen LogP contribution in [0.1, 0.15) is 43.6 Å². The summed E-state index contributed by atoms with van der Waals surface area (Å²) < 4.78 is 11.9. The maximum atomic E-state index is 11.1. The lowest BCUT2D eigenvalue weighted by molar-refractivity contribution is 0.00578. The summed E-state index contributed by atoms with van der Waals surface area (Å²) in [6, 6.07) is 3.19. The average Bonchev–Trinajstić information content (AvgIpc) is 2.51. The van der Waals surface area contributed by atoms with Gasteiger partial charge in [-0.05, 0) is 51.7 Å². The molecule has 0 amide bonds. The molecule has 6 heteroatoms. The number of aromatic carboxylic acids is 1. The number of hydrogen-bond acceptors (Lipinski definition) is 3. The minimum atomic E-state index is -1.04. The predicted molar refractivity (Wildman–Crippen MR) is 78.9 cm³/mol. The summed E-state index contributed by atoms with van der Waals surface area (Å²) in [4.78, 5) is 11.1. The van der Waals surface area contributed by atoms with E-state index in [1.165, 1.54) is 6.07 Å². The minimum Gasteiger partial charge on any atom is -0.478 e. The van der Waals surface area contributed by atoms with Crippen molar-refractivity contribution in [1.82, 2.24) is 0 Å². The molecule has 1 aliphatic rings. The van der Waals surface area contributed by atoms with Crippen molar-refractivity contribution >= 4 is 30.2 Å². The highest BCUT2D eigenvalue weighted by Crippen LogP contribution is 2.37.